The van der Waals surface area contributed by atoms with Crippen molar-refractivity contribution in [3.63, 3.8) is 0 Å². The molecular weight excluding hydrogens is 352 g/mol. The lowest BCUT2D eigenvalue weighted by Gasteiger charge is -2.02. The summed E-state index contributed by atoms with van der Waals surface area (Å²) in [5.74, 6) is -0.295. The van der Waals surface area contributed by atoms with Crippen LogP contribution in [0, 0.1) is 0 Å². The Balaban J connectivity index is 1.53. The lowest BCUT2D eigenvalue weighted by molar-refractivity contribution is 0.0962. The molecule has 0 saturated carbocycles. The van der Waals surface area contributed by atoms with Gasteiger partial charge in [-0.05, 0) is 24.3 Å². The average Bonchev–Trinajstić information content (AvgIpc) is 3.17. The lowest BCUT2D eigenvalue weighted by Crippen LogP contribution is -2.29. The summed E-state index contributed by atoms with van der Waals surface area (Å²) in [5, 5.41) is 1.56. The van der Waals surface area contributed by atoms with Crippen molar-refractivity contribution >= 4 is 65.7 Å². The van der Waals surface area contributed by atoms with Crippen molar-refractivity contribution in [1.82, 2.24) is 15.4 Å². The first-order valence-electron chi connectivity index (χ1n) is 6.68. The van der Waals surface area contributed by atoms with Crippen LogP contribution in [0.25, 0.3) is 20.4 Å². The summed E-state index contributed by atoms with van der Waals surface area (Å²) < 4.78 is 1.93. The van der Waals surface area contributed by atoms with Crippen LogP contribution in [0.5, 0.6) is 0 Å². The normalized spacial score (nSPS) is 11.0. The van der Waals surface area contributed by atoms with Gasteiger partial charge in [-0.1, -0.05) is 41.1 Å². The molecule has 0 spiro atoms. The summed E-state index contributed by atoms with van der Waals surface area (Å²) in [7, 11) is 0. The van der Waals surface area contributed by atoms with E-state index in [2.05, 4.69) is 20.8 Å². The van der Waals surface area contributed by atoms with Gasteiger partial charge in [-0.15, -0.1) is 11.3 Å². The monoisotopic (exact) mass is 360 g/mol. The lowest BCUT2D eigenvalue weighted by atomic mass is 10.3. The number of benzene rings is 2. The largest absolute Gasteiger partial charge is 0.298 e. The van der Waals surface area contributed by atoms with E-state index in [1.807, 2.05) is 36.4 Å². The maximum Gasteiger partial charge on any atom is 0.298 e. The number of carbonyl (C=O) groups is 1. The van der Waals surface area contributed by atoms with E-state index in [1.54, 1.807) is 6.07 Å². The third-order valence-corrected chi connectivity index (χ3v) is 5.42. The minimum absolute atomic E-state index is 0.295. The van der Waals surface area contributed by atoms with E-state index in [-0.39, 0.29) is 5.91 Å². The van der Waals surface area contributed by atoms with Gasteiger partial charge in [0.2, 0.25) is 5.13 Å². The Morgan fingerprint density at radius 3 is 2.65 bits per heavy atom. The van der Waals surface area contributed by atoms with Crippen LogP contribution in [0.4, 0.5) is 5.13 Å². The van der Waals surface area contributed by atoms with Crippen molar-refractivity contribution in [3.8, 4) is 0 Å². The van der Waals surface area contributed by atoms with Gasteiger partial charge in [-0.2, -0.15) is 0 Å². The van der Waals surface area contributed by atoms with Gasteiger partial charge in [-0.25, -0.2) is 9.97 Å². The molecule has 0 bridgehead atoms. The molecule has 0 aliphatic rings. The topological polar surface area (TPSA) is 66.9 Å². The molecule has 0 unspecified atom stereocenters. The molecule has 23 heavy (non-hydrogen) atoms. The van der Waals surface area contributed by atoms with E-state index >= 15 is 0 Å². The Hall–Kier alpha value is -2.22. The molecule has 0 atom stereocenters. The molecule has 5 nitrogen and oxygen atoms in total. The van der Waals surface area contributed by atoms with Gasteiger partial charge in [0, 0.05) is 0 Å². The second-order valence-electron chi connectivity index (χ2n) is 4.67. The molecule has 4 aromatic rings. The summed E-state index contributed by atoms with van der Waals surface area (Å²) in [6.07, 6.45) is 0. The van der Waals surface area contributed by atoms with Crippen LogP contribution in [0.2, 0.25) is 5.02 Å². The molecule has 2 aromatic heterocycles. The summed E-state index contributed by atoms with van der Waals surface area (Å²) >= 11 is 8.86. The maximum absolute atomic E-state index is 12.2. The molecule has 2 aromatic carbocycles. The molecule has 0 aliphatic carbocycles. The highest BCUT2D eigenvalue weighted by Gasteiger charge is 2.13. The molecule has 1 amide bonds. The second-order valence-corrected chi connectivity index (χ2v) is 7.14. The van der Waals surface area contributed by atoms with Gasteiger partial charge in [0.15, 0.2) is 5.01 Å². The van der Waals surface area contributed by atoms with Crippen molar-refractivity contribution < 1.29 is 4.79 Å². The second kappa shape index (κ2) is 5.77. The van der Waals surface area contributed by atoms with Gasteiger partial charge >= 0.3 is 0 Å². The fourth-order valence-corrected chi connectivity index (χ4v) is 4.08. The van der Waals surface area contributed by atoms with E-state index in [0.29, 0.717) is 15.2 Å². The number of hydrogen-bond donors (Lipinski definition) is 2. The van der Waals surface area contributed by atoms with Crippen molar-refractivity contribution in [3.05, 3.63) is 52.5 Å². The number of hydrogen-bond acceptors (Lipinski definition) is 6. The molecule has 0 aliphatic heterocycles. The number of hydrazine groups is 1. The molecule has 0 fully saturated rings. The number of nitrogens with one attached hydrogen (secondary N) is 2. The van der Waals surface area contributed by atoms with Crippen LogP contribution in [0.1, 0.15) is 9.80 Å². The first-order chi connectivity index (χ1) is 11.2. The minimum Gasteiger partial charge on any atom is -0.273 e. The Morgan fingerprint density at radius 2 is 1.83 bits per heavy atom. The molecular formula is C15H9ClN4OS2. The molecule has 2 heterocycles. The predicted molar refractivity (Wildman–Crippen MR) is 95.3 cm³/mol. The van der Waals surface area contributed by atoms with Crippen LogP contribution >= 0.6 is 34.3 Å². The summed E-state index contributed by atoms with van der Waals surface area (Å²) in [6.45, 7) is 0. The zero-order valence-corrected chi connectivity index (χ0v) is 13.9. The van der Waals surface area contributed by atoms with E-state index in [9.17, 15) is 4.79 Å². The highest BCUT2D eigenvalue weighted by atomic mass is 35.5. The number of carbonyl (C=O) groups excluding carboxylic acids is 1. The van der Waals surface area contributed by atoms with Crippen LogP contribution in [-0.2, 0) is 0 Å². The molecule has 8 heteroatoms. The number of para-hydroxylation sites is 2. The Bertz CT molecular complexity index is 994. The smallest absolute Gasteiger partial charge is 0.273 e. The molecule has 0 saturated heterocycles. The number of rotatable bonds is 3. The van der Waals surface area contributed by atoms with E-state index in [0.717, 1.165) is 20.4 Å². The Labute approximate surface area is 143 Å². The summed E-state index contributed by atoms with van der Waals surface area (Å²) in [5.41, 5.74) is 6.97. The molecule has 4 rings (SSSR count). The van der Waals surface area contributed by atoms with Gasteiger partial charge < -0.3 is 0 Å². The number of aromatic nitrogens is 2. The quantitative estimate of drug-likeness (QED) is 0.534. The number of fused-ring (bicyclic) bond motifs is 2. The van der Waals surface area contributed by atoms with E-state index in [1.165, 1.54) is 22.7 Å². The molecule has 114 valence electrons. The van der Waals surface area contributed by atoms with Gasteiger partial charge in [0.1, 0.15) is 5.52 Å². The average molecular weight is 361 g/mol. The van der Waals surface area contributed by atoms with Crippen molar-refractivity contribution in [2.24, 2.45) is 0 Å². The maximum atomic E-state index is 12.2. The number of amides is 1. The molecule has 0 radical (unpaired) electrons. The van der Waals surface area contributed by atoms with E-state index < -0.39 is 0 Å². The van der Waals surface area contributed by atoms with Gasteiger partial charge in [0.05, 0.1) is 19.9 Å². The van der Waals surface area contributed by atoms with Crippen LogP contribution in [0.3, 0.4) is 0 Å². The van der Waals surface area contributed by atoms with Crippen LogP contribution in [0.15, 0.2) is 42.5 Å². The fourth-order valence-electron chi connectivity index (χ4n) is 2.10. The Morgan fingerprint density at radius 1 is 1.00 bits per heavy atom. The number of anilines is 1. The third-order valence-electron chi connectivity index (χ3n) is 3.14. The highest BCUT2D eigenvalue weighted by molar-refractivity contribution is 7.22. The van der Waals surface area contributed by atoms with E-state index in [4.69, 9.17) is 11.6 Å². The Kier molecular flexibility index (Phi) is 3.60. The van der Waals surface area contributed by atoms with Gasteiger partial charge in [-0.3, -0.25) is 15.6 Å². The number of halogens is 1. The molecule has 2 N–H and O–H groups in total. The fraction of sp³-hybridized carbons (Fsp3) is 0. The first-order valence-corrected chi connectivity index (χ1v) is 8.69. The zero-order valence-electron chi connectivity index (χ0n) is 11.5. The minimum atomic E-state index is -0.295. The first kappa shape index (κ1) is 14.4. The van der Waals surface area contributed by atoms with Crippen LogP contribution in [-0.4, -0.2) is 15.9 Å². The highest BCUT2D eigenvalue weighted by Crippen LogP contribution is 2.30. The SMILES string of the molecule is O=C(NNc1nc2c(Cl)cccc2s1)c1nc2ccccc2s1. The van der Waals surface area contributed by atoms with Gasteiger partial charge in [0.25, 0.3) is 5.91 Å². The predicted octanol–water partition coefficient (Wildman–Crippen LogP) is 4.32. The zero-order chi connectivity index (χ0) is 15.8. The standard InChI is InChI=1S/C15H9ClN4OS2/c16-8-4-3-7-11-12(8)18-15(23-11)20-19-13(21)14-17-9-5-1-2-6-10(9)22-14/h1-7H,(H,18,20)(H,19,21). The number of nitrogens with zero attached hydrogens (tertiary/aromatic N) is 2. The summed E-state index contributed by atoms with van der Waals surface area (Å²) in [6, 6.07) is 13.2. The van der Waals surface area contributed by atoms with Crippen molar-refractivity contribution in [2.75, 3.05) is 5.43 Å². The van der Waals surface area contributed by atoms with Crippen molar-refractivity contribution in [1.29, 1.82) is 0 Å². The third kappa shape index (κ3) is 2.74. The van der Waals surface area contributed by atoms with Crippen molar-refractivity contribution in [2.45, 2.75) is 0 Å². The van der Waals surface area contributed by atoms with Crippen LogP contribution < -0.4 is 10.9 Å². The number of thiazole rings is 2. The summed E-state index contributed by atoms with van der Waals surface area (Å²) in [4.78, 5) is 20.9.